The predicted molar refractivity (Wildman–Crippen MR) is 110 cm³/mol. The van der Waals surface area contributed by atoms with Crippen LogP contribution in [-0.2, 0) is 20.7 Å². The van der Waals surface area contributed by atoms with Gasteiger partial charge in [0.25, 0.3) is 0 Å². The van der Waals surface area contributed by atoms with E-state index < -0.39 is 0 Å². The van der Waals surface area contributed by atoms with Gasteiger partial charge < -0.3 is 19.5 Å². The molecule has 4 heterocycles. The van der Waals surface area contributed by atoms with Gasteiger partial charge in [0, 0.05) is 43.7 Å². The van der Waals surface area contributed by atoms with Gasteiger partial charge >= 0.3 is 0 Å². The van der Waals surface area contributed by atoms with Crippen LogP contribution < -0.4 is 5.32 Å². The number of rotatable bonds is 6. The Balaban J connectivity index is 1.44. The van der Waals surface area contributed by atoms with Crippen LogP contribution in [0.2, 0.25) is 0 Å². The van der Waals surface area contributed by atoms with Gasteiger partial charge in [-0.05, 0) is 46.5 Å². The largest absolute Gasteiger partial charge is 0.381 e. The minimum Gasteiger partial charge on any atom is -0.381 e. The van der Waals surface area contributed by atoms with Gasteiger partial charge in [-0.2, -0.15) is 5.10 Å². The third kappa shape index (κ3) is 4.79. The van der Waals surface area contributed by atoms with Crippen LogP contribution in [0, 0.1) is 26.7 Å². The molecule has 2 amide bonds. The molecule has 0 spiro atoms. The van der Waals surface area contributed by atoms with Gasteiger partial charge in [0.1, 0.15) is 11.6 Å². The van der Waals surface area contributed by atoms with Crippen LogP contribution in [0.4, 0.5) is 0 Å². The summed E-state index contributed by atoms with van der Waals surface area (Å²) in [7, 11) is 0. The fourth-order valence-corrected chi connectivity index (χ4v) is 4.48. The van der Waals surface area contributed by atoms with Gasteiger partial charge in [-0.15, -0.1) is 0 Å². The third-order valence-corrected chi connectivity index (χ3v) is 6.24. The SMILES string of the molecule is Cc1nc([C@@H]2C[C@H](NC(=O)C3CCOCC3)CN2C(=O)CCc2c(C)noc2C)n[nH]1. The van der Waals surface area contributed by atoms with Crippen LogP contribution >= 0.6 is 0 Å². The predicted octanol–water partition coefficient (Wildman–Crippen LogP) is 1.54. The van der Waals surface area contributed by atoms with E-state index in [1.807, 2.05) is 20.8 Å². The Labute approximate surface area is 181 Å². The molecule has 2 fully saturated rings. The maximum atomic E-state index is 13.2. The molecule has 168 valence electrons. The van der Waals surface area contributed by atoms with E-state index in [9.17, 15) is 9.59 Å². The second kappa shape index (κ2) is 9.17. The number of hydrogen-bond acceptors (Lipinski definition) is 7. The Kier molecular flexibility index (Phi) is 6.35. The molecule has 2 aliphatic heterocycles. The van der Waals surface area contributed by atoms with E-state index in [1.165, 1.54) is 0 Å². The molecule has 0 aliphatic carbocycles. The van der Waals surface area contributed by atoms with Crippen LogP contribution in [-0.4, -0.2) is 62.9 Å². The van der Waals surface area contributed by atoms with Crippen molar-refractivity contribution in [2.75, 3.05) is 19.8 Å². The molecule has 2 atom stereocenters. The molecule has 10 heteroatoms. The molecule has 4 rings (SSSR count). The number of carbonyl (C=O) groups is 2. The molecule has 0 bridgehead atoms. The third-order valence-electron chi connectivity index (χ3n) is 6.24. The maximum Gasteiger partial charge on any atom is 0.223 e. The van der Waals surface area contributed by atoms with Crippen LogP contribution in [0.25, 0.3) is 0 Å². The summed E-state index contributed by atoms with van der Waals surface area (Å²) in [6, 6.07) is -0.385. The molecule has 2 aromatic rings. The Hall–Kier alpha value is -2.75. The lowest BCUT2D eigenvalue weighted by molar-refractivity contribution is -0.133. The van der Waals surface area contributed by atoms with Gasteiger partial charge in [0.15, 0.2) is 5.82 Å². The number of nitrogens with one attached hydrogen (secondary N) is 2. The summed E-state index contributed by atoms with van der Waals surface area (Å²) in [5.74, 6) is 2.06. The summed E-state index contributed by atoms with van der Waals surface area (Å²) in [5, 5.41) is 14.3. The molecular weight excluding hydrogens is 400 g/mol. The highest BCUT2D eigenvalue weighted by molar-refractivity contribution is 5.80. The van der Waals surface area contributed by atoms with E-state index in [-0.39, 0.29) is 29.8 Å². The van der Waals surface area contributed by atoms with Crippen molar-refractivity contribution in [1.82, 2.24) is 30.6 Å². The zero-order valence-electron chi connectivity index (χ0n) is 18.3. The number of H-pyrrole nitrogens is 1. The molecule has 2 saturated heterocycles. The van der Waals surface area contributed by atoms with Crippen LogP contribution in [0.1, 0.15) is 60.4 Å². The average molecular weight is 431 g/mol. The molecular formula is C21H30N6O4. The van der Waals surface area contributed by atoms with Crippen molar-refractivity contribution in [3.8, 4) is 0 Å². The highest BCUT2D eigenvalue weighted by Crippen LogP contribution is 2.32. The Bertz CT molecular complexity index is 913. The molecule has 0 unspecified atom stereocenters. The van der Waals surface area contributed by atoms with Crippen molar-refractivity contribution in [3.63, 3.8) is 0 Å². The lowest BCUT2D eigenvalue weighted by atomic mass is 9.99. The highest BCUT2D eigenvalue weighted by atomic mass is 16.5. The number of aromatic amines is 1. The van der Waals surface area contributed by atoms with Crippen molar-refractivity contribution in [1.29, 1.82) is 0 Å². The molecule has 31 heavy (non-hydrogen) atoms. The molecule has 10 nitrogen and oxygen atoms in total. The first-order valence-corrected chi connectivity index (χ1v) is 10.9. The van der Waals surface area contributed by atoms with E-state index in [0.29, 0.717) is 50.7 Å². The Morgan fingerprint density at radius 3 is 2.65 bits per heavy atom. The first kappa shape index (κ1) is 21.5. The number of aromatic nitrogens is 4. The first-order valence-electron chi connectivity index (χ1n) is 10.9. The van der Waals surface area contributed by atoms with Gasteiger partial charge in [-0.25, -0.2) is 4.98 Å². The first-order chi connectivity index (χ1) is 14.9. The Morgan fingerprint density at radius 2 is 2.00 bits per heavy atom. The summed E-state index contributed by atoms with van der Waals surface area (Å²) in [4.78, 5) is 32.1. The van der Waals surface area contributed by atoms with Crippen molar-refractivity contribution in [3.05, 3.63) is 28.7 Å². The second-order valence-corrected chi connectivity index (χ2v) is 8.47. The Morgan fingerprint density at radius 1 is 1.23 bits per heavy atom. The summed E-state index contributed by atoms with van der Waals surface area (Å²) in [5.41, 5.74) is 1.79. The molecule has 2 aliphatic rings. The zero-order chi connectivity index (χ0) is 22.0. The number of nitrogens with zero attached hydrogens (tertiary/aromatic N) is 4. The fourth-order valence-electron chi connectivity index (χ4n) is 4.48. The minimum absolute atomic E-state index is 0.00951. The van der Waals surface area contributed by atoms with Crippen LogP contribution in [0.5, 0.6) is 0 Å². The van der Waals surface area contributed by atoms with E-state index in [1.54, 1.807) is 4.90 Å². The summed E-state index contributed by atoms with van der Waals surface area (Å²) in [6.45, 7) is 7.26. The van der Waals surface area contributed by atoms with E-state index in [4.69, 9.17) is 9.26 Å². The van der Waals surface area contributed by atoms with Gasteiger partial charge in [-0.3, -0.25) is 14.7 Å². The second-order valence-electron chi connectivity index (χ2n) is 8.47. The standard InChI is InChI=1S/C21H30N6O4/c1-12-17(13(2)31-26-12)4-5-19(28)27-11-16(10-18(27)20-22-14(3)24-25-20)23-21(29)15-6-8-30-9-7-15/h15-16,18H,4-11H2,1-3H3,(H,23,29)(H,22,24,25)/t16-,18-/m0/s1. The van der Waals surface area contributed by atoms with Crippen molar-refractivity contribution < 1.29 is 18.8 Å². The van der Waals surface area contributed by atoms with E-state index >= 15 is 0 Å². The zero-order valence-corrected chi connectivity index (χ0v) is 18.3. The minimum atomic E-state index is -0.262. The molecule has 0 saturated carbocycles. The van der Waals surface area contributed by atoms with Crippen molar-refractivity contribution >= 4 is 11.8 Å². The van der Waals surface area contributed by atoms with E-state index in [2.05, 4.69) is 25.7 Å². The smallest absolute Gasteiger partial charge is 0.223 e. The van der Waals surface area contributed by atoms with Gasteiger partial charge in [-0.1, -0.05) is 5.16 Å². The summed E-state index contributed by atoms with van der Waals surface area (Å²) < 4.78 is 10.6. The number of aryl methyl sites for hydroxylation is 3. The van der Waals surface area contributed by atoms with Crippen LogP contribution in [0.3, 0.4) is 0 Å². The number of ether oxygens (including phenoxy) is 1. The summed E-state index contributed by atoms with van der Waals surface area (Å²) in [6.07, 6.45) is 2.98. The molecule has 0 aromatic carbocycles. The van der Waals surface area contributed by atoms with E-state index in [0.717, 1.165) is 29.9 Å². The monoisotopic (exact) mass is 430 g/mol. The number of amides is 2. The lowest BCUT2D eigenvalue weighted by Crippen LogP contribution is -2.42. The highest BCUT2D eigenvalue weighted by Gasteiger charge is 2.39. The number of carbonyl (C=O) groups excluding carboxylic acids is 2. The normalized spacial score (nSPS) is 22.1. The quantitative estimate of drug-likeness (QED) is 0.712. The van der Waals surface area contributed by atoms with Crippen molar-refractivity contribution in [2.45, 2.75) is 65.0 Å². The lowest BCUT2D eigenvalue weighted by Gasteiger charge is -2.24. The number of likely N-dealkylation sites (tertiary alicyclic amines) is 1. The average Bonchev–Trinajstić information content (AvgIpc) is 3.46. The molecule has 0 radical (unpaired) electrons. The van der Waals surface area contributed by atoms with Crippen LogP contribution in [0.15, 0.2) is 4.52 Å². The fraction of sp³-hybridized carbons (Fsp3) is 0.667. The molecule has 2 aromatic heterocycles. The van der Waals surface area contributed by atoms with Crippen molar-refractivity contribution in [2.24, 2.45) is 5.92 Å². The topological polar surface area (TPSA) is 126 Å². The molecule has 2 N–H and O–H groups in total. The number of hydrogen-bond donors (Lipinski definition) is 2. The van der Waals surface area contributed by atoms with Gasteiger partial charge in [0.2, 0.25) is 11.8 Å². The summed E-state index contributed by atoms with van der Waals surface area (Å²) >= 11 is 0. The van der Waals surface area contributed by atoms with Gasteiger partial charge in [0.05, 0.1) is 11.7 Å². The maximum absolute atomic E-state index is 13.2.